The van der Waals surface area contributed by atoms with E-state index < -0.39 is 0 Å². The van der Waals surface area contributed by atoms with Gasteiger partial charge in [-0.2, -0.15) is 0 Å². The van der Waals surface area contributed by atoms with Crippen molar-refractivity contribution in [2.45, 2.75) is 38.3 Å². The molecule has 1 unspecified atom stereocenters. The fourth-order valence-electron chi connectivity index (χ4n) is 4.36. The van der Waals surface area contributed by atoms with E-state index in [1.165, 1.54) is 69.7 Å². The molecule has 0 aromatic heterocycles. The standard InChI is InChI=1S/C18H27N3/c1-2-6-18(21-9-3-4-10-21)16(5-1)13-19-17-14-20-11-7-15(17)8-12-20/h1-2,5-6,15,17,19H,3-4,7-14H2. The second-order valence-electron chi connectivity index (χ2n) is 6.95. The van der Waals surface area contributed by atoms with Crippen molar-refractivity contribution in [3.63, 3.8) is 0 Å². The van der Waals surface area contributed by atoms with E-state index in [4.69, 9.17) is 0 Å². The minimum Gasteiger partial charge on any atom is -0.371 e. The van der Waals surface area contributed by atoms with Crippen LogP contribution in [0.4, 0.5) is 5.69 Å². The molecule has 0 spiro atoms. The van der Waals surface area contributed by atoms with E-state index in [0.717, 1.165) is 12.5 Å². The number of piperidine rings is 3. The van der Waals surface area contributed by atoms with Crippen molar-refractivity contribution in [1.29, 1.82) is 0 Å². The first-order chi connectivity index (χ1) is 10.4. The molecule has 4 saturated heterocycles. The van der Waals surface area contributed by atoms with Crippen molar-refractivity contribution >= 4 is 5.69 Å². The fraction of sp³-hybridized carbons (Fsp3) is 0.667. The summed E-state index contributed by atoms with van der Waals surface area (Å²) in [5.41, 5.74) is 2.94. The van der Waals surface area contributed by atoms with Gasteiger partial charge >= 0.3 is 0 Å². The Bertz CT molecular complexity index is 473. The van der Waals surface area contributed by atoms with Crippen molar-refractivity contribution in [2.24, 2.45) is 5.92 Å². The summed E-state index contributed by atoms with van der Waals surface area (Å²) in [6.45, 7) is 7.41. The lowest BCUT2D eigenvalue weighted by Gasteiger charge is -2.45. The molecule has 4 fully saturated rings. The predicted octanol–water partition coefficient (Wildman–Crippen LogP) is 2.47. The smallest absolute Gasteiger partial charge is 0.0411 e. The van der Waals surface area contributed by atoms with Gasteiger partial charge in [-0.3, -0.25) is 0 Å². The van der Waals surface area contributed by atoms with Gasteiger partial charge in [0.05, 0.1) is 0 Å². The number of hydrogen-bond donors (Lipinski definition) is 1. The highest BCUT2D eigenvalue weighted by Crippen LogP contribution is 2.29. The molecule has 3 nitrogen and oxygen atoms in total. The number of fused-ring (bicyclic) bond motifs is 3. The molecule has 4 heterocycles. The molecule has 1 aromatic carbocycles. The van der Waals surface area contributed by atoms with E-state index in [9.17, 15) is 0 Å². The lowest BCUT2D eigenvalue weighted by Crippen LogP contribution is -2.55. The van der Waals surface area contributed by atoms with Crippen LogP contribution in [0.2, 0.25) is 0 Å². The summed E-state index contributed by atoms with van der Waals surface area (Å²) in [5, 5.41) is 3.86. The third-order valence-electron chi connectivity index (χ3n) is 5.65. The average Bonchev–Trinajstić information content (AvgIpc) is 3.09. The first-order valence-corrected chi connectivity index (χ1v) is 8.69. The Morgan fingerprint density at radius 2 is 1.76 bits per heavy atom. The maximum Gasteiger partial charge on any atom is 0.0411 e. The number of anilines is 1. The van der Waals surface area contributed by atoms with Crippen molar-refractivity contribution in [3.05, 3.63) is 29.8 Å². The molecule has 4 aliphatic heterocycles. The van der Waals surface area contributed by atoms with Gasteiger partial charge < -0.3 is 15.1 Å². The van der Waals surface area contributed by atoms with Gasteiger partial charge in [0.25, 0.3) is 0 Å². The molecule has 1 atom stereocenters. The van der Waals surface area contributed by atoms with Crippen molar-refractivity contribution < 1.29 is 0 Å². The van der Waals surface area contributed by atoms with Crippen LogP contribution in [-0.4, -0.2) is 43.7 Å². The minimum atomic E-state index is 0.708. The second-order valence-corrected chi connectivity index (χ2v) is 6.95. The van der Waals surface area contributed by atoms with E-state index in [1.54, 1.807) is 0 Å². The third-order valence-corrected chi connectivity index (χ3v) is 5.65. The van der Waals surface area contributed by atoms with Gasteiger partial charge in [-0.25, -0.2) is 0 Å². The summed E-state index contributed by atoms with van der Waals surface area (Å²) in [4.78, 5) is 5.19. The maximum atomic E-state index is 3.86. The quantitative estimate of drug-likeness (QED) is 0.917. The van der Waals surface area contributed by atoms with Crippen LogP contribution in [0.1, 0.15) is 31.2 Å². The Hall–Kier alpha value is -1.06. The zero-order valence-electron chi connectivity index (χ0n) is 12.9. The predicted molar refractivity (Wildman–Crippen MR) is 87.7 cm³/mol. The highest BCUT2D eigenvalue weighted by Gasteiger charge is 2.33. The van der Waals surface area contributed by atoms with E-state index in [-0.39, 0.29) is 0 Å². The normalized spacial score (nSPS) is 31.8. The van der Waals surface area contributed by atoms with Crippen LogP contribution in [0, 0.1) is 5.92 Å². The van der Waals surface area contributed by atoms with Crippen LogP contribution in [0.25, 0.3) is 0 Å². The van der Waals surface area contributed by atoms with Crippen molar-refractivity contribution in [3.8, 4) is 0 Å². The summed E-state index contributed by atoms with van der Waals surface area (Å²) in [6.07, 6.45) is 5.49. The van der Waals surface area contributed by atoms with Gasteiger partial charge in [0, 0.05) is 37.9 Å². The molecule has 0 aliphatic carbocycles. The van der Waals surface area contributed by atoms with Crippen LogP contribution < -0.4 is 10.2 Å². The van der Waals surface area contributed by atoms with Gasteiger partial charge in [-0.15, -0.1) is 0 Å². The topological polar surface area (TPSA) is 18.5 Å². The molecule has 0 radical (unpaired) electrons. The van der Waals surface area contributed by atoms with Gasteiger partial charge in [0.1, 0.15) is 0 Å². The van der Waals surface area contributed by atoms with Crippen molar-refractivity contribution in [1.82, 2.24) is 10.2 Å². The largest absolute Gasteiger partial charge is 0.371 e. The van der Waals surface area contributed by atoms with E-state index in [0.29, 0.717) is 6.04 Å². The highest BCUT2D eigenvalue weighted by molar-refractivity contribution is 5.54. The summed E-state index contributed by atoms with van der Waals surface area (Å²) < 4.78 is 0. The summed E-state index contributed by atoms with van der Waals surface area (Å²) in [6, 6.07) is 9.69. The third kappa shape index (κ3) is 2.82. The van der Waals surface area contributed by atoms with Gasteiger partial charge in [0.2, 0.25) is 0 Å². The Kier molecular flexibility index (Phi) is 3.87. The lowest BCUT2D eigenvalue weighted by atomic mass is 9.84. The molecule has 1 N–H and O–H groups in total. The Labute approximate surface area is 128 Å². The lowest BCUT2D eigenvalue weighted by molar-refractivity contribution is 0.0720. The minimum absolute atomic E-state index is 0.708. The maximum absolute atomic E-state index is 3.86. The molecule has 4 aliphatic rings. The molecule has 1 aromatic rings. The number of hydrogen-bond acceptors (Lipinski definition) is 3. The Morgan fingerprint density at radius 3 is 2.48 bits per heavy atom. The first kappa shape index (κ1) is 13.6. The molecule has 114 valence electrons. The number of benzene rings is 1. The molecular formula is C18H27N3. The summed E-state index contributed by atoms with van der Waals surface area (Å²) in [7, 11) is 0. The highest BCUT2D eigenvalue weighted by atomic mass is 15.2. The van der Waals surface area contributed by atoms with Gasteiger partial charge in [0.15, 0.2) is 0 Å². The molecule has 2 bridgehead atoms. The zero-order valence-corrected chi connectivity index (χ0v) is 12.9. The van der Waals surface area contributed by atoms with Crippen LogP contribution in [0.15, 0.2) is 24.3 Å². The zero-order chi connectivity index (χ0) is 14.1. The monoisotopic (exact) mass is 285 g/mol. The van der Waals surface area contributed by atoms with Crippen LogP contribution in [0.5, 0.6) is 0 Å². The number of rotatable bonds is 4. The molecule has 5 rings (SSSR count). The Morgan fingerprint density at radius 1 is 1.00 bits per heavy atom. The van der Waals surface area contributed by atoms with E-state index in [2.05, 4.69) is 39.4 Å². The Balaban J connectivity index is 1.42. The molecule has 0 saturated carbocycles. The fourth-order valence-corrected chi connectivity index (χ4v) is 4.36. The molecule has 0 amide bonds. The second kappa shape index (κ2) is 5.98. The van der Waals surface area contributed by atoms with Crippen LogP contribution in [0.3, 0.4) is 0 Å². The van der Waals surface area contributed by atoms with Crippen molar-refractivity contribution in [2.75, 3.05) is 37.6 Å². The van der Waals surface area contributed by atoms with E-state index >= 15 is 0 Å². The summed E-state index contributed by atoms with van der Waals surface area (Å²) >= 11 is 0. The summed E-state index contributed by atoms with van der Waals surface area (Å²) in [5.74, 6) is 0.911. The van der Waals surface area contributed by atoms with Gasteiger partial charge in [-0.05, 0) is 56.3 Å². The molecule has 21 heavy (non-hydrogen) atoms. The molecule has 3 heteroatoms. The SMILES string of the molecule is c1ccc(N2CCCC2)c(CNC2CN3CCC2CC3)c1. The van der Waals surface area contributed by atoms with E-state index in [1.807, 2.05) is 0 Å². The number of nitrogens with zero attached hydrogens (tertiary/aromatic N) is 2. The van der Waals surface area contributed by atoms with Crippen LogP contribution in [-0.2, 0) is 6.54 Å². The van der Waals surface area contributed by atoms with Gasteiger partial charge in [-0.1, -0.05) is 18.2 Å². The number of nitrogens with one attached hydrogen (secondary N) is 1. The number of para-hydroxylation sites is 1. The first-order valence-electron chi connectivity index (χ1n) is 8.69. The van der Waals surface area contributed by atoms with Crippen LogP contribution >= 0.6 is 0 Å². The molecular weight excluding hydrogens is 258 g/mol. The average molecular weight is 285 g/mol.